The van der Waals surface area contributed by atoms with Crippen molar-refractivity contribution in [3.8, 4) is 11.5 Å². The Balaban J connectivity index is 1.60. The molecule has 9 heteroatoms. The van der Waals surface area contributed by atoms with E-state index in [0.717, 1.165) is 11.1 Å². The second kappa shape index (κ2) is 11.5. The van der Waals surface area contributed by atoms with Gasteiger partial charge in [-0.3, -0.25) is 9.59 Å². The van der Waals surface area contributed by atoms with Crippen molar-refractivity contribution < 1.29 is 19.1 Å². The van der Waals surface area contributed by atoms with Gasteiger partial charge < -0.3 is 14.8 Å². The van der Waals surface area contributed by atoms with Crippen LogP contribution in [0.5, 0.6) is 11.5 Å². The lowest BCUT2D eigenvalue weighted by Crippen LogP contribution is -2.32. The van der Waals surface area contributed by atoms with Gasteiger partial charge in [0.15, 0.2) is 11.5 Å². The third kappa shape index (κ3) is 6.27. The summed E-state index contributed by atoms with van der Waals surface area (Å²) < 4.78 is 11.2. The fourth-order valence-corrected chi connectivity index (χ4v) is 3.49. The number of carbonyl (C=O) groups excluding carboxylic acids is 2. The van der Waals surface area contributed by atoms with Crippen molar-refractivity contribution in [2.24, 2.45) is 5.10 Å². The number of carbonyl (C=O) groups is 2. The van der Waals surface area contributed by atoms with Crippen LogP contribution in [0.25, 0.3) is 0 Å². The lowest BCUT2D eigenvalue weighted by Gasteiger charge is -2.13. The number of hydrazone groups is 1. The molecule has 34 heavy (non-hydrogen) atoms. The SMILES string of the molecule is COc1cc(/C=N\NC(=O)C(=O)Nc2cccc(C)c2C)ccc1OCc1c(Cl)cccc1Cl. The number of methoxy groups -OCH3 is 1. The van der Waals surface area contributed by atoms with Crippen LogP contribution in [-0.4, -0.2) is 25.1 Å². The number of hydrogen-bond donors (Lipinski definition) is 2. The topological polar surface area (TPSA) is 89.0 Å². The van der Waals surface area contributed by atoms with Crippen molar-refractivity contribution in [3.63, 3.8) is 0 Å². The van der Waals surface area contributed by atoms with Gasteiger partial charge in [-0.2, -0.15) is 5.10 Å². The van der Waals surface area contributed by atoms with E-state index in [9.17, 15) is 9.59 Å². The van der Waals surface area contributed by atoms with Crippen molar-refractivity contribution in [1.82, 2.24) is 5.43 Å². The number of anilines is 1. The maximum absolute atomic E-state index is 12.1. The smallest absolute Gasteiger partial charge is 0.329 e. The number of amides is 2. The van der Waals surface area contributed by atoms with E-state index < -0.39 is 11.8 Å². The number of aryl methyl sites for hydroxylation is 1. The van der Waals surface area contributed by atoms with Crippen LogP contribution >= 0.6 is 23.2 Å². The third-order valence-corrected chi connectivity index (χ3v) is 5.77. The summed E-state index contributed by atoms with van der Waals surface area (Å²) in [6, 6.07) is 15.8. The summed E-state index contributed by atoms with van der Waals surface area (Å²) in [5.74, 6) is -0.773. The maximum Gasteiger partial charge on any atom is 0.329 e. The van der Waals surface area contributed by atoms with E-state index in [-0.39, 0.29) is 6.61 Å². The standard InChI is InChI=1S/C25H23Cl2N3O4/c1-15-6-4-9-21(16(15)2)29-24(31)25(32)30-28-13-17-10-11-22(23(12-17)33-3)34-14-18-19(26)7-5-8-20(18)27/h4-13H,14H2,1-3H3,(H,29,31)(H,30,32)/b28-13-. The van der Waals surface area contributed by atoms with Crippen LogP contribution in [0.1, 0.15) is 22.3 Å². The molecule has 0 aliphatic carbocycles. The molecule has 0 radical (unpaired) electrons. The predicted molar refractivity (Wildman–Crippen MR) is 134 cm³/mol. The first-order valence-electron chi connectivity index (χ1n) is 10.2. The molecule has 0 fully saturated rings. The number of benzene rings is 3. The average molecular weight is 500 g/mol. The van der Waals surface area contributed by atoms with Crippen LogP contribution in [-0.2, 0) is 16.2 Å². The number of rotatable bonds is 7. The van der Waals surface area contributed by atoms with Gasteiger partial charge in [0, 0.05) is 21.3 Å². The number of hydrogen-bond acceptors (Lipinski definition) is 5. The van der Waals surface area contributed by atoms with Crippen LogP contribution in [0.3, 0.4) is 0 Å². The zero-order valence-corrected chi connectivity index (χ0v) is 20.3. The zero-order valence-electron chi connectivity index (χ0n) is 18.8. The zero-order chi connectivity index (χ0) is 24.7. The molecule has 0 aromatic heterocycles. The van der Waals surface area contributed by atoms with Crippen LogP contribution in [0.15, 0.2) is 59.7 Å². The van der Waals surface area contributed by atoms with Gasteiger partial charge in [-0.25, -0.2) is 5.43 Å². The quantitative estimate of drug-likeness (QED) is 0.262. The number of nitrogens with one attached hydrogen (secondary N) is 2. The lowest BCUT2D eigenvalue weighted by molar-refractivity contribution is -0.136. The van der Waals surface area contributed by atoms with Crippen molar-refractivity contribution >= 4 is 46.9 Å². The molecule has 0 aliphatic heterocycles. The van der Waals surface area contributed by atoms with Gasteiger partial charge in [0.25, 0.3) is 0 Å². The predicted octanol–water partition coefficient (Wildman–Crippen LogP) is 5.29. The molecule has 3 aromatic rings. The Morgan fingerprint density at radius 1 is 0.971 bits per heavy atom. The summed E-state index contributed by atoms with van der Waals surface area (Å²) in [6.07, 6.45) is 1.39. The highest BCUT2D eigenvalue weighted by molar-refractivity contribution is 6.39. The first-order chi connectivity index (χ1) is 16.3. The molecule has 0 unspecified atom stereocenters. The largest absolute Gasteiger partial charge is 0.493 e. The van der Waals surface area contributed by atoms with Crippen molar-refractivity contribution in [1.29, 1.82) is 0 Å². The Labute approximate surface area is 207 Å². The number of ether oxygens (including phenoxy) is 2. The van der Waals surface area contributed by atoms with E-state index in [1.807, 2.05) is 19.9 Å². The van der Waals surface area contributed by atoms with Gasteiger partial charge in [-0.05, 0) is 66.9 Å². The molecule has 0 heterocycles. The summed E-state index contributed by atoms with van der Waals surface area (Å²) in [5, 5.41) is 7.44. The van der Waals surface area contributed by atoms with Crippen LogP contribution in [0, 0.1) is 13.8 Å². The highest BCUT2D eigenvalue weighted by Crippen LogP contribution is 2.31. The van der Waals surface area contributed by atoms with Gasteiger partial charge in [0.1, 0.15) is 6.61 Å². The fraction of sp³-hybridized carbons (Fsp3) is 0.160. The molecular formula is C25H23Cl2N3O4. The molecule has 3 aromatic carbocycles. The highest BCUT2D eigenvalue weighted by atomic mass is 35.5. The normalized spacial score (nSPS) is 10.7. The summed E-state index contributed by atoms with van der Waals surface area (Å²) in [7, 11) is 1.50. The fourth-order valence-electron chi connectivity index (χ4n) is 2.99. The Hall–Kier alpha value is -3.55. The van der Waals surface area contributed by atoms with E-state index in [2.05, 4.69) is 15.8 Å². The number of halogens is 2. The highest BCUT2D eigenvalue weighted by Gasteiger charge is 2.14. The van der Waals surface area contributed by atoms with Gasteiger partial charge in [0.05, 0.1) is 13.3 Å². The molecule has 2 N–H and O–H groups in total. The molecule has 0 saturated heterocycles. The minimum absolute atomic E-state index is 0.161. The first-order valence-corrected chi connectivity index (χ1v) is 11.0. The molecule has 0 saturated carbocycles. The van der Waals surface area contributed by atoms with E-state index in [0.29, 0.717) is 38.4 Å². The van der Waals surface area contributed by atoms with Crippen molar-refractivity contribution in [3.05, 3.63) is 86.9 Å². The molecule has 3 rings (SSSR count). The van der Waals surface area contributed by atoms with E-state index >= 15 is 0 Å². The number of nitrogens with zero attached hydrogens (tertiary/aromatic N) is 1. The van der Waals surface area contributed by atoms with Crippen molar-refractivity contribution in [2.75, 3.05) is 12.4 Å². The summed E-state index contributed by atoms with van der Waals surface area (Å²) >= 11 is 12.4. The van der Waals surface area contributed by atoms with Crippen LogP contribution < -0.4 is 20.2 Å². The van der Waals surface area contributed by atoms with E-state index in [1.54, 1.807) is 48.5 Å². The van der Waals surface area contributed by atoms with Crippen LogP contribution in [0.4, 0.5) is 5.69 Å². The Bertz CT molecular complexity index is 1220. The molecule has 0 atom stereocenters. The Kier molecular flexibility index (Phi) is 8.51. The summed E-state index contributed by atoms with van der Waals surface area (Å²) in [6.45, 7) is 3.95. The van der Waals surface area contributed by atoms with Gasteiger partial charge >= 0.3 is 11.8 Å². The van der Waals surface area contributed by atoms with Crippen molar-refractivity contribution in [2.45, 2.75) is 20.5 Å². The molecule has 0 spiro atoms. The van der Waals surface area contributed by atoms with E-state index in [1.165, 1.54) is 13.3 Å². The van der Waals surface area contributed by atoms with Gasteiger partial charge in [-0.15, -0.1) is 0 Å². The molecule has 176 valence electrons. The van der Waals surface area contributed by atoms with Crippen LogP contribution in [0.2, 0.25) is 10.0 Å². The molecule has 0 bridgehead atoms. The average Bonchev–Trinajstić information content (AvgIpc) is 2.82. The Morgan fingerprint density at radius 3 is 2.38 bits per heavy atom. The molecular weight excluding hydrogens is 477 g/mol. The minimum atomic E-state index is -0.888. The second-order valence-electron chi connectivity index (χ2n) is 7.30. The monoisotopic (exact) mass is 499 g/mol. The summed E-state index contributed by atoms with van der Waals surface area (Å²) in [4.78, 5) is 24.2. The first kappa shape index (κ1) is 25.1. The molecule has 2 amide bonds. The Morgan fingerprint density at radius 2 is 1.68 bits per heavy atom. The second-order valence-corrected chi connectivity index (χ2v) is 8.11. The van der Waals surface area contributed by atoms with Gasteiger partial charge in [0.2, 0.25) is 0 Å². The minimum Gasteiger partial charge on any atom is -0.493 e. The van der Waals surface area contributed by atoms with E-state index in [4.69, 9.17) is 32.7 Å². The molecule has 0 aliphatic rings. The summed E-state index contributed by atoms with van der Waals surface area (Å²) in [5.41, 5.74) is 5.97. The lowest BCUT2D eigenvalue weighted by atomic mass is 10.1. The van der Waals surface area contributed by atoms with Gasteiger partial charge in [-0.1, -0.05) is 41.4 Å². The maximum atomic E-state index is 12.1. The molecule has 7 nitrogen and oxygen atoms in total. The third-order valence-electron chi connectivity index (χ3n) is 5.06.